The van der Waals surface area contributed by atoms with E-state index in [2.05, 4.69) is 20.3 Å². The summed E-state index contributed by atoms with van der Waals surface area (Å²) in [4.78, 5) is 35.0. The summed E-state index contributed by atoms with van der Waals surface area (Å²) in [6.45, 7) is 1.50. The zero-order chi connectivity index (χ0) is 14.7. The number of ether oxygens (including phenoxy) is 1. The summed E-state index contributed by atoms with van der Waals surface area (Å²) >= 11 is 0. The van der Waals surface area contributed by atoms with Gasteiger partial charge >= 0.3 is 5.97 Å². The summed E-state index contributed by atoms with van der Waals surface area (Å²) in [6, 6.07) is 5.80. The zero-order valence-electron chi connectivity index (χ0n) is 11.0. The van der Waals surface area contributed by atoms with Crippen molar-refractivity contribution in [2.75, 3.05) is 7.11 Å². The summed E-state index contributed by atoms with van der Waals surface area (Å²) in [5.41, 5.74) is -0.325. The molecule has 0 fully saturated rings. The molecule has 2 aromatic rings. The highest BCUT2D eigenvalue weighted by atomic mass is 16.5. The number of fused-ring (bicyclic) bond motifs is 1. The molecule has 1 atom stereocenters. The van der Waals surface area contributed by atoms with Gasteiger partial charge in [0.05, 0.1) is 12.5 Å². The summed E-state index contributed by atoms with van der Waals surface area (Å²) in [5.74, 6) is -1.12. The van der Waals surface area contributed by atoms with E-state index in [0.717, 1.165) is 0 Å². The van der Waals surface area contributed by atoms with Gasteiger partial charge in [-0.2, -0.15) is 5.10 Å². The number of hydrogen-bond acceptors (Lipinski definition) is 5. The highest BCUT2D eigenvalue weighted by Crippen LogP contribution is 2.12. The number of nitrogens with zero attached hydrogens (tertiary/aromatic N) is 1. The van der Waals surface area contributed by atoms with E-state index in [9.17, 15) is 14.4 Å². The van der Waals surface area contributed by atoms with E-state index in [4.69, 9.17) is 0 Å². The van der Waals surface area contributed by atoms with E-state index in [1.165, 1.54) is 14.0 Å². The van der Waals surface area contributed by atoms with Crippen molar-refractivity contribution >= 4 is 22.6 Å². The van der Waals surface area contributed by atoms with Gasteiger partial charge in [0.2, 0.25) is 0 Å². The smallest absolute Gasteiger partial charge is 0.328 e. The molecule has 1 heterocycles. The van der Waals surface area contributed by atoms with Gasteiger partial charge in [-0.3, -0.25) is 9.59 Å². The number of aromatic nitrogens is 2. The maximum absolute atomic E-state index is 12.1. The average molecular weight is 275 g/mol. The molecule has 1 aromatic heterocycles. The Kier molecular flexibility index (Phi) is 3.79. The van der Waals surface area contributed by atoms with E-state index in [1.54, 1.807) is 24.3 Å². The Bertz CT molecular complexity index is 723. The minimum atomic E-state index is -0.806. The summed E-state index contributed by atoms with van der Waals surface area (Å²) in [6.07, 6.45) is 0. The molecule has 0 bridgehead atoms. The Morgan fingerprint density at radius 3 is 2.60 bits per heavy atom. The van der Waals surface area contributed by atoms with Gasteiger partial charge in [0.25, 0.3) is 11.5 Å². The van der Waals surface area contributed by atoms with Gasteiger partial charge in [-0.1, -0.05) is 18.2 Å². The molecule has 0 saturated heterocycles. The number of amides is 1. The van der Waals surface area contributed by atoms with E-state index in [0.29, 0.717) is 10.8 Å². The third kappa shape index (κ3) is 2.51. The molecule has 0 aliphatic rings. The molecule has 7 nitrogen and oxygen atoms in total. The van der Waals surface area contributed by atoms with Crippen LogP contribution in [-0.4, -0.2) is 35.2 Å². The first-order chi connectivity index (χ1) is 9.54. The number of aromatic amines is 1. The van der Waals surface area contributed by atoms with Crippen LogP contribution in [0, 0.1) is 0 Å². The second-order valence-electron chi connectivity index (χ2n) is 4.17. The fourth-order valence-electron chi connectivity index (χ4n) is 1.79. The molecule has 0 radical (unpaired) electrons. The molecule has 20 heavy (non-hydrogen) atoms. The molecule has 1 amide bonds. The van der Waals surface area contributed by atoms with Crippen LogP contribution >= 0.6 is 0 Å². The van der Waals surface area contributed by atoms with Crippen molar-refractivity contribution in [2.45, 2.75) is 13.0 Å². The normalized spacial score (nSPS) is 11.9. The first-order valence-corrected chi connectivity index (χ1v) is 5.90. The summed E-state index contributed by atoms with van der Waals surface area (Å²) in [7, 11) is 1.23. The lowest BCUT2D eigenvalue weighted by molar-refractivity contribution is -0.142. The van der Waals surface area contributed by atoms with Crippen molar-refractivity contribution in [3.8, 4) is 0 Å². The highest BCUT2D eigenvalue weighted by molar-refractivity contribution is 6.05. The summed E-state index contributed by atoms with van der Waals surface area (Å²) in [5, 5.41) is 9.24. The number of H-pyrrole nitrogens is 1. The van der Waals surface area contributed by atoms with Gasteiger partial charge in [0.15, 0.2) is 5.69 Å². The number of rotatable bonds is 3. The minimum Gasteiger partial charge on any atom is -0.467 e. The van der Waals surface area contributed by atoms with Crippen molar-refractivity contribution in [3.63, 3.8) is 0 Å². The lowest BCUT2D eigenvalue weighted by atomic mass is 10.1. The number of carbonyl (C=O) groups is 2. The van der Waals surface area contributed by atoms with Crippen molar-refractivity contribution in [1.82, 2.24) is 15.5 Å². The van der Waals surface area contributed by atoms with Crippen LogP contribution in [0.3, 0.4) is 0 Å². The third-order valence-electron chi connectivity index (χ3n) is 2.81. The SMILES string of the molecule is COC(=O)C(C)NC(=O)c1n[nH]c(=O)c2ccccc12. The van der Waals surface area contributed by atoms with Crippen LogP contribution in [-0.2, 0) is 9.53 Å². The van der Waals surface area contributed by atoms with E-state index < -0.39 is 17.9 Å². The molecule has 1 aromatic carbocycles. The van der Waals surface area contributed by atoms with Crippen LogP contribution in [0.4, 0.5) is 0 Å². The molecule has 7 heteroatoms. The Morgan fingerprint density at radius 1 is 1.30 bits per heavy atom. The number of nitrogens with one attached hydrogen (secondary N) is 2. The van der Waals surface area contributed by atoms with Gasteiger partial charge < -0.3 is 10.1 Å². The first-order valence-electron chi connectivity index (χ1n) is 5.90. The van der Waals surface area contributed by atoms with Crippen LogP contribution in [0.1, 0.15) is 17.4 Å². The highest BCUT2D eigenvalue weighted by Gasteiger charge is 2.20. The number of methoxy groups -OCH3 is 1. The van der Waals surface area contributed by atoms with Gasteiger partial charge in [0.1, 0.15) is 6.04 Å². The Labute approximate surface area is 113 Å². The van der Waals surface area contributed by atoms with Crippen molar-refractivity contribution in [1.29, 1.82) is 0 Å². The first kappa shape index (κ1) is 13.7. The van der Waals surface area contributed by atoms with Gasteiger partial charge in [-0.15, -0.1) is 0 Å². The topological polar surface area (TPSA) is 101 Å². The van der Waals surface area contributed by atoms with E-state index in [-0.39, 0.29) is 11.3 Å². The van der Waals surface area contributed by atoms with Crippen molar-refractivity contribution < 1.29 is 14.3 Å². The van der Waals surface area contributed by atoms with Crippen LogP contribution in [0.15, 0.2) is 29.1 Å². The Morgan fingerprint density at radius 2 is 1.95 bits per heavy atom. The summed E-state index contributed by atoms with van der Waals surface area (Å²) < 4.78 is 4.52. The van der Waals surface area contributed by atoms with Crippen molar-refractivity contribution in [2.24, 2.45) is 0 Å². The third-order valence-corrected chi connectivity index (χ3v) is 2.81. The number of hydrogen-bond donors (Lipinski definition) is 2. The van der Waals surface area contributed by atoms with Gasteiger partial charge in [-0.05, 0) is 13.0 Å². The zero-order valence-corrected chi connectivity index (χ0v) is 11.0. The maximum Gasteiger partial charge on any atom is 0.328 e. The van der Waals surface area contributed by atoms with Crippen LogP contribution in [0.25, 0.3) is 10.8 Å². The molecule has 0 saturated carbocycles. The second-order valence-corrected chi connectivity index (χ2v) is 4.17. The van der Waals surface area contributed by atoms with Crippen LogP contribution in [0.5, 0.6) is 0 Å². The molecule has 0 aliphatic carbocycles. The minimum absolute atomic E-state index is 0.0518. The van der Waals surface area contributed by atoms with Gasteiger partial charge in [-0.25, -0.2) is 9.89 Å². The molecule has 0 aliphatic heterocycles. The lowest BCUT2D eigenvalue weighted by Gasteiger charge is -2.11. The fraction of sp³-hybridized carbons (Fsp3) is 0.231. The maximum atomic E-state index is 12.1. The monoisotopic (exact) mass is 275 g/mol. The quantitative estimate of drug-likeness (QED) is 0.780. The second kappa shape index (κ2) is 5.52. The van der Waals surface area contributed by atoms with E-state index in [1.807, 2.05) is 0 Å². The molecule has 2 rings (SSSR count). The largest absolute Gasteiger partial charge is 0.467 e. The predicted octanol–water partition coefficient (Wildman–Crippen LogP) is 0.214. The average Bonchev–Trinajstić information content (AvgIpc) is 2.46. The van der Waals surface area contributed by atoms with E-state index >= 15 is 0 Å². The predicted molar refractivity (Wildman–Crippen MR) is 71.3 cm³/mol. The molecular formula is C13H13N3O4. The molecule has 1 unspecified atom stereocenters. The Balaban J connectivity index is 2.39. The molecule has 104 valence electrons. The lowest BCUT2D eigenvalue weighted by Crippen LogP contribution is -2.39. The number of carbonyl (C=O) groups excluding carboxylic acids is 2. The van der Waals surface area contributed by atoms with Crippen LogP contribution < -0.4 is 10.9 Å². The van der Waals surface area contributed by atoms with Gasteiger partial charge in [0, 0.05) is 5.39 Å². The standard InChI is InChI=1S/C13H13N3O4/c1-7(13(19)20-2)14-12(18)10-8-5-3-4-6-9(8)11(17)16-15-10/h3-7H,1-2H3,(H,14,18)(H,16,17). The Hall–Kier alpha value is -2.70. The number of benzene rings is 1. The molecular weight excluding hydrogens is 262 g/mol. The van der Waals surface area contributed by atoms with Crippen LogP contribution in [0.2, 0.25) is 0 Å². The molecule has 0 spiro atoms. The number of esters is 1. The fourth-order valence-corrected chi connectivity index (χ4v) is 1.79. The van der Waals surface area contributed by atoms with Crippen molar-refractivity contribution in [3.05, 3.63) is 40.3 Å². The molecule has 2 N–H and O–H groups in total.